The number of hydrogen-bond acceptors (Lipinski definition) is 3. The third kappa shape index (κ3) is 5.46. The van der Waals surface area contributed by atoms with Crippen molar-refractivity contribution in [2.24, 2.45) is 0 Å². The van der Waals surface area contributed by atoms with Crippen LogP contribution < -0.4 is 10.6 Å². The standard InChI is InChI=1S/C15H21Cl2N3O2S2/c1-2-9-24(21,22)20-7-5-11(6-8-20)18-15(23)19-12-3-4-13(16)14(17)10-12/h3-4,10-11H,2,5-9H2,1H3,(H2,18,19,23). The SMILES string of the molecule is CCCS(=O)(=O)N1CCC(NC(=S)Nc2ccc(Cl)c(Cl)c2)CC1. The molecule has 2 rings (SSSR count). The van der Waals surface area contributed by atoms with E-state index in [4.69, 9.17) is 35.4 Å². The van der Waals surface area contributed by atoms with E-state index in [1.54, 1.807) is 22.5 Å². The summed E-state index contributed by atoms with van der Waals surface area (Å²) in [5, 5.41) is 7.73. The lowest BCUT2D eigenvalue weighted by atomic mass is 10.1. The van der Waals surface area contributed by atoms with Crippen LogP contribution in [0.4, 0.5) is 5.69 Å². The van der Waals surface area contributed by atoms with Crippen LogP contribution in [0.25, 0.3) is 0 Å². The number of piperidine rings is 1. The molecule has 2 N–H and O–H groups in total. The van der Waals surface area contributed by atoms with E-state index in [0.29, 0.717) is 34.7 Å². The highest BCUT2D eigenvalue weighted by Crippen LogP contribution is 2.25. The van der Waals surface area contributed by atoms with Crippen LogP contribution in [-0.2, 0) is 10.0 Å². The summed E-state index contributed by atoms with van der Waals surface area (Å²) < 4.78 is 25.7. The molecule has 0 saturated carbocycles. The zero-order chi connectivity index (χ0) is 17.7. The van der Waals surface area contributed by atoms with E-state index in [1.807, 2.05) is 6.92 Å². The highest BCUT2D eigenvalue weighted by molar-refractivity contribution is 7.89. The molecule has 134 valence electrons. The first-order chi connectivity index (χ1) is 11.3. The van der Waals surface area contributed by atoms with Crippen molar-refractivity contribution < 1.29 is 8.42 Å². The molecule has 0 aliphatic carbocycles. The topological polar surface area (TPSA) is 61.4 Å². The maximum atomic E-state index is 12.1. The molecule has 1 aliphatic rings. The van der Waals surface area contributed by atoms with Gasteiger partial charge in [0.25, 0.3) is 0 Å². The average Bonchev–Trinajstić information content (AvgIpc) is 2.51. The molecule has 0 unspecified atom stereocenters. The van der Waals surface area contributed by atoms with E-state index in [-0.39, 0.29) is 11.8 Å². The van der Waals surface area contributed by atoms with E-state index in [9.17, 15) is 8.42 Å². The molecular formula is C15H21Cl2N3O2S2. The molecule has 5 nitrogen and oxygen atoms in total. The van der Waals surface area contributed by atoms with Crippen LogP contribution in [0.1, 0.15) is 26.2 Å². The summed E-state index contributed by atoms with van der Waals surface area (Å²) in [5.74, 6) is 0.211. The quantitative estimate of drug-likeness (QED) is 0.728. The Kier molecular flexibility index (Phi) is 7.12. The molecule has 1 saturated heterocycles. The van der Waals surface area contributed by atoms with Crippen LogP contribution in [0.15, 0.2) is 18.2 Å². The number of nitrogens with one attached hydrogen (secondary N) is 2. The highest BCUT2D eigenvalue weighted by Gasteiger charge is 2.27. The molecule has 0 spiro atoms. The van der Waals surface area contributed by atoms with E-state index in [2.05, 4.69) is 10.6 Å². The summed E-state index contributed by atoms with van der Waals surface area (Å²) in [6.07, 6.45) is 2.09. The molecule has 0 radical (unpaired) electrons. The molecular weight excluding hydrogens is 389 g/mol. The third-order valence-electron chi connectivity index (χ3n) is 3.82. The second kappa shape index (κ2) is 8.67. The molecule has 1 aromatic rings. The van der Waals surface area contributed by atoms with Crippen molar-refractivity contribution >= 4 is 56.2 Å². The van der Waals surface area contributed by atoms with Crippen molar-refractivity contribution in [2.75, 3.05) is 24.2 Å². The minimum atomic E-state index is -3.11. The largest absolute Gasteiger partial charge is 0.360 e. The van der Waals surface area contributed by atoms with Gasteiger partial charge in [0.2, 0.25) is 10.0 Å². The lowest BCUT2D eigenvalue weighted by Crippen LogP contribution is -2.47. The zero-order valence-electron chi connectivity index (χ0n) is 13.4. The summed E-state index contributed by atoms with van der Waals surface area (Å²) in [6, 6.07) is 5.35. The maximum Gasteiger partial charge on any atom is 0.214 e. The fourth-order valence-corrected chi connectivity index (χ4v) is 4.72. The van der Waals surface area contributed by atoms with Crippen molar-refractivity contribution in [3.8, 4) is 0 Å². The van der Waals surface area contributed by atoms with Crippen LogP contribution in [0.5, 0.6) is 0 Å². The van der Waals surface area contributed by atoms with E-state index >= 15 is 0 Å². The first kappa shape index (κ1) is 19.7. The number of rotatable bonds is 5. The van der Waals surface area contributed by atoms with Crippen molar-refractivity contribution in [1.82, 2.24) is 9.62 Å². The van der Waals surface area contributed by atoms with Gasteiger partial charge in [-0.05, 0) is 49.7 Å². The highest BCUT2D eigenvalue weighted by atomic mass is 35.5. The van der Waals surface area contributed by atoms with Crippen molar-refractivity contribution in [3.05, 3.63) is 28.2 Å². The Morgan fingerprint density at radius 1 is 1.29 bits per heavy atom. The Labute approximate surface area is 158 Å². The molecule has 1 aromatic carbocycles. The van der Waals surface area contributed by atoms with E-state index in [1.165, 1.54) is 0 Å². The van der Waals surface area contributed by atoms with Crippen LogP contribution in [0, 0.1) is 0 Å². The van der Waals surface area contributed by atoms with Gasteiger partial charge >= 0.3 is 0 Å². The lowest BCUT2D eigenvalue weighted by molar-refractivity contribution is 0.308. The zero-order valence-corrected chi connectivity index (χ0v) is 16.5. The van der Waals surface area contributed by atoms with Crippen LogP contribution >= 0.6 is 35.4 Å². The summed E-state index contributed by atoms with van der Waals surface area (Å²) in [5.41, 5.74) is 0.754. The van der Waals surface area contributed by atoms with Gasteiger partial charge in [0.05, 0.1) is 15.8 Å². The van der Waals surface area contributed by atoms with Crippen molar-refractivity contribution in [2.45, 2.75) is 32.2 Å². The number of halogens is 2. The summed E-state index contributed by atoms with van der Waals surface area (Å²) in [4.78, 5) is 0. The molecule has 0 amide bonds. The number of thiocarbonyl (C=S) groups is 1. The molecule has 1 fully saturated rings. The summed E-state index contributed by atoms with van der Waals surface area (Å²) in [7, 11) is -3.11. The maximum absolute atomic E-state index is 12.1. The Morgan fingerprint density at radius 2 is 1.96 bits per heavy atom. The Morgan fingerprint density at radius 3 is 2.54 bits per heavy atom. The van der Waals surface area contributed by atoms with Crippen molar-refractivity contribution in [3.63, 3.8) is 0 Å². The monoisotopic (exact) mass is 409 g/mol. The number of hydrogen-bond donors (Lipinski definition) is 2. The fourth-order valence-electron chi connectivity index (χ4n) is 2.59. The van der Waals surface area contributed by atoms with Gasteiger partial charge in [-0.2, -0.15) is 0 Å². The van der Waals surface area contributed by atoms with Gasteiger partial charge in [-0.25, -0.2) is 12.7 Å². The Hall–Kier alpha value is -0.600. The van der Waals surface area contributed by atoms with Crippen LogP contribution in [-0.4, -0.2) is 42.7 Å². The second-order valence-corrected chi connectivity index (χ2v) is 9.03. The minimum Gasteiger partial charge on any atom is -0.360 e. The van der Waals surface area contributed by atoms with E-state index in [0.717, 1.165) is 18.5 Å². The van der Waals surface area contributed by atoms with Gasteiger partial charge in [-0.15, -0.1) is 0 Å². The van der Waals surface area contributed by atoms with Gasteiger partial charge in [-0.3, -0.25) is 0 Å². The van der Waals surface area contributed by atoms with Crippen LogP contribution in [0.2, 0.25) is 10.0 Å². The van der Waals surface area contributed by atoms with Gasteiger partial charge in [0.15, 0.2) is 5.11 Å². The molecule has 0 atom stereocenters. The molecule has 1 heterocycles. The predicted molar refractivity (Wildman–Crippen MR) is 104 cm³/mol. The first-order valence-electron chi connectivity index (χ1n) is 7.82. The number of anilines is 1. The third-order valence-corrected chi connectivity index (χ3v) is 6.86. The smallest absolute Gasteiger partial charge is 0.214 e. The normalized spacial score (nSPS) is 16.8. The second-order valence-electron chi connectivity index (χ2n) is 5.72. The predicted octanol–water partition coefficient (Wildman–Crippen LogP) is 3.48. The Bertz CT molecular complexity index is 690. The molecule has 0 aromatic heterocycles. The van der Waals surface area contributed by atoms with Gasteiger partial charge < -0.3 is 10.6 Å². The minimum absolute atomic E-state index is 0.154. The number of nitrogens with zero attached hydrogens (tertiary/aromatic N) is 1. The fraction of sp³-hybridized carbons (Fsp3) is 0.533. The van der Waals surface area contributed by atoms with Gasteiger partial charge in [-0.1, -0.05) is 30.1 Å². The van der Waals surface area contributed by atoms with Crippen LogP contribution in [0.3, 0.4) is 0 Å². The Balaban J connectivity index is 1.83. The molecule has 0 bridgehead atoms. The van der Waals surface area contributed by atoms with Gasteiger partial charge in [0.1, 0.15) is 0 Å². The molecule has 24 heavy (non-hydrogen) atoms. The van der Waals surface area contributed by atoms with Gasteiger partial charge in [0, 0.05) is 24.8 Å². The number of sulfonamides is 1. The lowest BCUT2D eigenvalue weighted by Gasteiger charge is -2.32. The molecule has 9 heteroatoms. The summed E-state index contributed by atoms with van der Waals surface area (Å²) in [6.45, 7) is 2.92. The van der Waals surface area contributed by atoms with E-state index < -0.39 is 10.0 Å². The summed E-state index contributed by atoms with van der Waals surface area (Å²) >= 11 is 17.2. The first-order valence-corrected chi connectivity index (χ1v) is 10.6. The van der Waals surface area contributed by atoms with Crippen molar-refractivity contribution in [1.29, 1.82) is 0 Å². The number of benzene rings is 1. The molecule has 1 aliphatic heterocycles. The average molecular weight is 410 g/mol.